The molecule has 1 radical (unpaired) electrons. The molecule has 0 amide bonds. The first-order chi connectivity index (χ1) is 62.9. The molecule has 0 saturated heterocycles. The van der Waals surface area contributed by atoms with Crippen molar-refractivity contribution in [3.63, 3.8) is 0 Å². The summed E-state index contributed by atoms with van der Waals surface area (Å²) in [6, 6.07) is 68.7. The number of aliphatic hydroxyl groups is 1. The normalized spacial score (nSPS) is 36.3. The number of ketones is 1. The van der Waals surface area contributed by atoms with E-state index in [0.29, 0.717) is 41.9 Å². The van der Waals surface area contributed by atoms with Crippen LogP contribution in [-0.4, -0.2) is 69.4 Å². The Kier molecular flexibility index (Phi) is 34.6. The first-order valence-electron chi connectivity index (χ1n) is 50.3. The summed E-state index contributed by atoms with van der Waals surface area (Å²) < 4.78 is 17.1. The average Bonchev–Trinajstić information content (AvgIpc) is 1.54. The van der Waals surface area contributed by atoms with E-state index in [0.717, 1.165) is 196 Å². The quantitative estimate of drug-likeness (QED) is 0.0257. The van der Waals surface area contributed by atoms with Gasteiger partial charge in [0.2, 0.25) is 0 Å². The van der Waals surface area contributed by atoms with Gasteiger partial charge in [0.1, 0.15) is 17.2 Å². The summed E-state index contributed by atoms with van der Waals surface area (Å²) in [6.07, 6.45) is 61.3. The van der Waals surface area contributed by atoms with Crippen LogP contribution in [0.25, 0.3) is 11.1 Å². The summed E-state index contributed by atoms with van der Waals surface area (Å²) in [5, 5.41) is 14.4. The number of nitrogens with zero attached hydrogens (tertiary/aromatic N) is 1. The maximum atomic E-state index is 10.9. The van der Waals surface area contributed by atoms with Crippen LogP contribution in [0.1, 0.15) is 190 Å². The van der Waals surface area contributed by atoms with Crippen molar-refractivity contribution < 1.29 is 39.9 Å². The molecule has 6 N–H and O–H groups in total. The molecule has 7 aromatic rings. The molecule has 13 fully saturated rings. The number of esters is 1. The van der Waals surface area contributed by atoms with Crippen LogP contribution in [-0.2, 0) is 11.2 Å². The number of fused-ring (bicyclic) bond motifs is 35. The molecule has 20 aliphatic rings. The van der Waals surface area contributed by atoms with Gasteiger partial charge in [-0.3, -0.25) is 9.59 Å². The SMILES string of the molecule is C.C.C1=CC2CC1C1C3CC(Cc4ccccc4)C(C3)C21.C1=CC2CC1C1C3CC(c4ccccc4)C(C3)C21.C1=CC2CC1C1C3CCC(C3)C21.C1=CC2CC1CC2COc1ccccc1.C1=CC2CC1CC2COc1ccccc1-c1ccccc1.CB=NC.CC(=O)Oc1cccc(C2CC3C=CC2C3)c1.CC(=O)c1ccccc1.CC[C@H]1C2C=CC(C2)[C@H]1CO.O.O.[B]=N. The molecule has 27 rings (SSSR count). The van der Waals surface area contributed by atoms with Crippen molar-refractivity contribution >= 4 is 26.5 Å². The molecule has 0 aliphatic heterocycles. The van der Waals surface area contributed by atoms with Crippen molar-refractivity contribution in [1.82, 2.24) is 0 Å². The summed E-state index contributed by atoms with van der Waals surface area (Å²) in [5.41, 5.74) is 7.68. The Balaban J connectivity index is 0.000000121. The van der Waals surface area contributed by atoms with Gasteiger partial charge < -0.3 is 30.3 Å². The Bertz CT molecular complexity index is 5030. The third kappa shape index (κ3) is 21.8. The number of Topliss-reactive ketones (excluding diaryl/α,β-unsaturated/α-hetero) is 1. The fourth-order valence-electron chi connectivity index (χ4n) is 30.6. The number of aliphatic hydroxyl groups excluding tert-OH is 1. The second kappa shape index (κ2) is 46.1. The van der Waals surface area contributed by atoms with Crippen molar-refractivity contribution in [3.05, 3.63) is 308 Å². The van der Waals surface area contributed by atoms with Crippen molar-refractivity contribution in [3.8, 4) is 28.4 Å². The Morgan fingerprint density at radius 1 is 0.409 bits per heavy atom. The zero-order chi connectivity index (χ0) is 87.7. The van der Waals surface area contributed by atoms with E-state index in [1.807, 2.05) is 85.7 Å². The number of carbonyl (C=O) groups excluding carboxylic acids is 2. The number of nitrogens with one attached hydrogen (secondary N) is 1. The van der Waals surface area contributed by atoms with Crippen LogP contribution in [0.3, 0.4) is 0 Å². The number of rotatable bonds is 15. The van der Waals surface area contributed by atoms with E-state index in [2.05, 4.69) is 226 Å². The number of hydrogen-bond donors (Lipinski definition) is 2. The van der Waals surface area contributed by atoms with Gasteiger partial charge >= 0.3 is 44.8 Å². The number of allylic oxidation sites excluding steroid dienone is 14. The number of para-hydroxylation sites is 2. The van der Waals surface area contributed by atoms with Gasteiger partial charge in [-0.15, -0.1) is 0 Å². The van der Waals surface area contributed by atoms with E-state index in [1.165, 1.54) is 120 Å². The van der Waals surface area contributed by atoms with E-state index in [4.69, 9.17) is 24.6 Å². The molecule has 697 valence electrons. The van der Waals surface area contributed by atoms with Gasteiger partial charge in [0.25, 0.3) is 0 Å². The van der Waals surface area contributed by atoms with E-state index in [1.54, 1.807) is 57.9 Å². The predicted octanol–water partition coefficient (Wildman–Crippen LogP) is 26.7. The molecule has 33 atom stereocenters. The summed E-state index contributed by atoms with van der Waals surface area (Å²) in [4.78, 5) is 25.2. The molecule has 13 saturated carbocycles. The first-order valence-corrected chi connectivity index (χ1v) is 50.3. The maximum absolute atomic E-state index is 10.9. The minimum absolute atomic E-state index is 0. The van der Waals surface area contributed by atoms with Gasteiger partial charge in [0.05, 0.1) is 13.2 Å². The fourth-order valence-corrected chi connectivity index (χ4v) is 30.6. The first kappa shape index (κ1) is 99.0. The van der Waals surface area contributed by atoms with E-state index in [9.17, 15) is 9.59 Å². The topological polar surface area (TPSA) is 181 Å². The zero-order valence-corrected chi connectivity index (χ0v) is 77.8. The Morgan fingerprint density at radius 3 is 1.35 bits per heavy atom. The van der Waals surface area contributed by atoms with Crippen molar-refractivity contribution in [2.24, 2.45) is 188 Å². The van der Waals surface area contributed by atoms with Gasteiger partial charge in [-0.25, -0.2) is 0 Å². The Labute approximate surface area is 794 Å². The predicted molar refractivity (Wildman–Crippen MR) is 543 cm³/mol. The number of carbonyl (C=O) groups is 2. The molecule has 20 bridgehead atoms. The molecule has 0 heterocycles. The second-order valence-electron chi connectivity index (χ2n) is 42.1. The second-order valence-corrected chi connectivity index (χ2v) is 42.1. The summed E-state index contributed by atoms with van der Waals surface area (Å²) in [5.74, 6) is 32.9. The standard InChI is InChI=1S/C20H20O.C19H22.C18H20.C15H16O2.C14H16O.C12H16.C10H16O.C8H8O.C2H6BN.2CH4.BHN.2H2O/c1-2-6-16(7-3-1)19-8-4-5-9-20(19)21-14-18-13-15-10-11-17(18)12-15;1-2-4-12(5-3-1)8-15-10-16-11-17(15)19-14-7-6-13(9-14)18(16)19;1-2-4-11(5-3-1)15-9-14-10-16(15)18-13-7-6-12(8-13)17(14)18;1-10(16)17-14-4-2-3-12(9-14)15-8-11-5-6-13(15)7-11;1-2-4-14(5-3-1)15-10-13-9-11-6-7-12(13)8-11;1-2-8-5-7(1)11-9-3-4-10(6-9)12(8)11;1-2-9-7-3-4-8(5-7)10(9)6-11;1-7(9)8-5-3-2-4-6-8;1-3-4-2;;;1-2;;/h1-11,15,17-18H,12-14H2;1-7,13-19H,8-11H2;1-7,12-18H,8-10H2;2-6,9,11,13,15H,7-8H2,1H3;1-7,11-13H,8-10H2;1-2,7-12H,3-6H2;3-4,7-11H,2,5-6H2,1H3;2-6H,1H3;1-2H3;2*1H4;2H;2*1H2/t;;;;;;7?,8?,9-,10+;;;;;;;/m......0......./s1. The molecule has 20 aliphatic carbocycles. The van der Waals surface area contributed by atoms with Crippen LogP contribution in [0.15, 0.2) is 290 Å². The number of ether oxygens (including phenoxy) is 3. The van der Waals surface area contributed by atoms with Crippen LogP contribution < -0.4 is 14.2 Å². The summed E-state index contributed by atoms with van der Waals surface area (Å²) in [7, 11) is 7.25. The molecule has 132 heavy (non-hydrogen) atoms. The Morgan fingerprint density at radius 2 is 0.848 bits per heavy atom. The van der Waals surface area contributed by atoms with Crippen molar-refractivity contribution in [2.75, 3.05) is 26.9 Å². The fraction of sp³-hybridized carbons (Fsp3) is 0.517. The number of hydrogen-bond acceptors (Lipinski definition) is 8. The third-order valence-electron chi connectivity index (χ3n) is 35.6. The molecule has 31 unspecified atom stereocenters. The summed E-state index contributed by atoms with van der Waals surface area (Å²) in [6.45, 7) is 9.25. The van der Waals surface area contributed by atoms with Gasteiger partial charge in [-0.2, -0.15) is 0 Å². The van der Waals surface area contributed by atoms with E-state index < -0.39 is 0 Å². The molecule has 0 spiro atoms. The molecular weight excluding hydrogens is 1620 g/mol. The van der Waals surface area contributed by atoms with Crippen LogP contribution in [0.5, 0.6) is 17.2 Å². The van der Waals surface area contributed by atoms with E-state index >= 15 is 0 Å². The van der Waals surface area contributed by atoms with Crippen LogP contribution in [0, 0.1) is 189 Å². The van der Waals surface area contributed by atoms with Crippen LogP contribution >= 0.6 is 0 Å². The molecule has 12 heteroatoms. The van der Waals surface area contributed by atoms with Crippen LogP contribution in [0.2, 0.25) is 6.82 Å². The monoisotopic (exact) mass is 1770 g/mol. The van der Waals surface area contributed by atoms with E-state index in [-0.39, 0.29) is 37.6 Å². The van der Waals surface area contributed by atoms with Gasteiger partial charge in [0.15, 0.2) is 5.78 Å². The summed E-state index contributed by atoms with van der Waals surface area (Å²) >= 11 is 0. The minimum atomic E-state index is -0.255. The molecule has 10 nitrogen and oxygen atoms in total. The number of benzene rings is 7. The molecule has 0 aromatic heterocycles. The van der Waals surface area contributed by atoms with Crippen LogP contribution in [0.4, 0.5) is 0 Å². The third-order valence-corrected chi connectivity index (χ3v) is 35.6. The molecular formula is C120H153B2N2O8. The van der Waals surface area contributed by atoms with Crippen molar-refractivity contribution in [2.45, 2.75) is 176 Å². The Hall–Kier alpha value is -8.93. The van der Waals surface area contributed by atoms with Gasteiger partial charge in [0, 0.05) is 24.7 Å². The van der Waals surface area contributed by atoms with Crippen molar-refractivity contribution in [1.29, 1.82) is 5.31 Å². The average molecular weight is 1770 g/mol. The zero-order valence-electron chi connectivity index (χ0n) is 77.8. The van der Waals surface area contributed by atoms with Gasteiger partial charge in [-0.1, -0.05) is 283 Å². The molecule has 7 aromatic carbocycles. The van der Waals surface area contributed by atoms with Gasteiger partial charge in [-0.05, 0) is 370 Å².